The summed E-state index contributed by atoms with van der Waals surface area (Å²) in [4.78, 5) is 26.1. The van der Waals surface area contributed by atoms with Gasteiger partial charge in [-0.05, 0) is 6.07 Å². The van der Waals surface area contributed by atoms with E-state index in [0.29, 0.717) is 17.2 Å². The van der Waals surface area contributed by atoms with Crippen molar-refractivity contribution >= 4 is 11.2 Å². The third kappa shape index (κ3) is 1.29. The summed E-state index contributed by atoms with van der Waals surface area (Å²) in [5, 5.41) is 0. The average molecular weight is 240 g/mol. The van der Waals surface area contributed by atoms with Gasteiger partial charge in [-0.2, -0.15) is 4.89 Å². The molecule has 6 nitrogen and oxygen atoms in total. The molecule has 0 fully saturated rings. The van der Waals surface area contributed by atoms with Crippen LogP contribution in [0.5, 0.6) is 5.75 Å². The van der Waals surface area contributed by atoms with E-state index < -0.39 is 6.10 Å². The lowest BCUT2D eigenvalue weighted by Crippen LogP contribution is -2.05. The number of H-pyrrole nitrogens is 1. The Bertz CT molecular complexity index is 725. The van der Waals surface area contributed by atoms with E-state index in [-0.39, 0.29) is 0 Å². The zero-order chi connectivity index (χ0) is 11.9. The summed E-state index contributed by atoms with van der Waals surface area (Å²) in [5.41, 5.74) is 2.34. The Hall–Kier alpha value is -2.47. The van der Waals surface area contributed by atoms with Crippen molar-refractivity contribution in [2.75, 3.05) is 0 Å². The Morgan fingerprint density at radius 2 is 2.11 bits per heavy atom. The van der Waals surface area contributed by atoms with Crippen LogP contribution in [0, 0.1) is 0 Å². The van der Waals surface area contributed by atoms with Crippen molar-refractivity contribution in [3.63, 3.8) is 0 Å². The van der Waals surface area contributed by atoms with Crippen LogP contribution in [0.3, 0.4) is 0 Å². The molecular formula is C12H8N4O2. The molecule has 3 aromatic rings. The van der Waals surface area contributed by atoms with Crippen molar-refractivity contribution in [3.05, 3.63) is 48.2 Å². The molecule has 0 saturated carbocycles. The first-order valence-corrected chi connectivity index (χ1v) is 5.50. The van der Waals surface area contributed by atoms with Crippen LogP contribution in [0.1, 0.15) is 17.5 Å². The normalized spacial score (nSPS) is 17.7. The number of nitrogens with zero attached hydrogens (tertiary/aromatic N) is 3. The number of imidazole rings is 1. The van der Waals surface area contributed by atoms with E-state index in [2.05, 4.69) is 19.9 Å². The first-order chi connectivity index (χ1) is 8.92. The predicted molar refractivity (Wildman–Crippen MR) is 61.7 cm³/mol. The van der Waals surface area contributed by atoms with E-state index >= 15 is 0 Å². The smallest absolute Gasteiger partial charge is 0.193 e. The lowest BCUT2D eigenvalue weighted by Gasteiger charge is -2.05. The number of hydrogen-bond acceptors (Lipinski definition) is 5. The standard InChI is InChI=1S/C12H8N4O2/c1-2-4-9-7(3-1)10(18-17-9)12-13-5-8-11(16-12)15-6-14-8/h1-6,10H,(H,13,14,15,16). The minimum absolute atomic E-state index is 0.395. The molecule has 3 heterocycles. The number of aromatic nitrogens is 4. The van der Waals surface area contributed by atoms with E-state index in [4.69, 9.17) is 9.78 Å². The number of rotatable bonds is 1. The third-order valence-electron chi connectivity index (χ3n) is 2.86. The Morgan fingerprint density at radius 3 is 3.11 bits per heavy atom. The highest BCUT2D eigenvalue weighted by Crippen LogP contribution is 2.37. The van der Waals surface area contributed by atoms with Gasteiger partial charge < -0.3 is 9.87 Å². The lowest BCUT2D eigenvalue weighted by atomic mass is 10.1. The summed E-state index contributed by atoms with van der Waals surface area (Å²) in [7, 11) is 0. The summed E-state index contributed by atoms with van der Waals surface area (Å²) in [6.45, 7) is 0. The molecule has 88 valence electrons. The maximum atomic E-state index is 5.28. The van der Waals surface area contributed by atoms with Crippen molar-refractivity contribution in [2.45, 2.75) is 6.10 Å². The zero-order valence-corrected chi connectivity index (χ0v) is 9.20. The van der Waals surface area contributed by atoms with Gasteiger partial charge in [0.15, 0.2) is 23.3 Å². The molecule has 1 aliphatic heterocycles. The monoisotopic (exact) mass is 240 g/mol. The molecule has 0 spiro atoms. The Morgan fingerprint density at radius 1 is 1.17 bits per heavy atom. The van der Waals surface area contributed by atoms with E-state index in [1.807, 2.05) is 24.3 Å². The van der Waals surface area contributed by atoms with Gasteiger partial charge in [-0.3, -0.25) is 0 Å². The van der Waals surface area contributed by atoms with Gasteiger partial charge in [-0.15, -0.1) is 0 Å². The van der Waals surface area contributed by atoms with Gasteiger partial charge in [0.2, 0.25) is 0 Å². The number of para-hydroxylation sites is 1. The Labute approximate surface area is 102 Å². The van der Waals surface area contributed by atoms with Crippen LogP contribution in [-0.2, 0) is 4.89 Å². The SMILES string of the molecule is c1ccc2c(c1)OOC2c1ncc2nc[nH]c2n1. The van der Waals surface area contributed by atoms with Gasteiger partial charge in [-0.1, -0.05) is 18.2 Å². The highest BCUT2D eigenvalue weighted by atomic mass is 17.2. The number of benzene rings is 1. The molecule has 0 amide bonds. The highest BCUT2D eigenvalue weighted by Gasteiger charge is 2.30. The Balaban J connectivity index is 1.84. The number of hydrogen-bond donors (Lipinski definition) is 1. The summed E-state index contributed by atoms with van der Waals surface area (Å²) in [6.07, 6.45) is 2.86. The topological polar surface area (TPSA) is 72.9 Å². The summed E-state index contributed by atoms with van der Waals surface area (Å²) >= 11 is 0. The second kappa shape index (κ2) is 3.51. The molecule has 2 aromatic heterocycles. The fourth-order valence-electron chi connectivity index (χ4n) is 1.99. The molecular weight excluding hydrogens is 232 g/mol. The third-order valence-corrected chi connectivity index (χ3v) is 2.86. The van der Waals surface area contributed by atoms with Gasteiger partial charge in [0, 0.05) is 5.56 Å². The van der Waals surface area contributed by atoms with E-state index in [9.17, 15) is 0 Å². The zero-order valence-electron chi connectivity index (χ0n) is 9.20. The van der Waals surface area contributed by atoms with E-state index in [1.54, 1.807) is 12.5 Å². The van der Waals surface area contributed by atoms with E-state index in [0.717, 1.165) is 11.1 Å². The maximum absolute atomic E-state index is 5.28. The summed E-state index contributed by atoms with van der Waals surface area (Å²) < 4.78 is 0. The van der Waals surface area contributed by atoms with Crippen molar-refractivity contribution in [1.82, 2.24) is 19.9 Å². The van der Waals surface area contributed by atoms with Crippen molar-refractivity contribution in [3.8, 4) is 5.75 Å². The Kier molecular flexibility index (Phi) is 1.86. The van der Waals surface area contributed by atoms with Crippen LogP contribution in [0.25, 0.3) is 11.2 Å². The largest absolute Gasteiger partial charge is 0.336 e. The minimum atomic E-state index is -0.395. The first kappa shape index (κ1) is 9.55. The fourth-order valence-corrected chi connectivity index (χ4v) is 1.99. The molecule has 6 heteroatoms. The van der Waals surface area contributed by atoms with Gasteiger partial charge in [-0.25, -0.2) is 15.0 Å². The molecule has 0 bridgehead atoms. The molecule has 0 aliphatic carbocycles. The molecule has 18 heavy (non-hydrogen) atoms. The van der Waals surface area contributed by atoms with Crippen LogP contribution < -0.4 is 4.89 Å². The van der Waals surface area contributed by atoms with Crippen LogP contribution >= 0.6 is 0 Å². The molecule has 4 rings (SSSR count). The molecule has 1 atom stereocenters. The van der Waals surface area contributed by atoms with Gasteiger partial charge in [0.25, 0.3) is 0 Å². The molecule has 1 aromatic carbocycles. The van der Waals surface area contributed by atoms with Gasteiger partial charge >= 0.3 is 0 Å². The van der Waals surface area contributed by atoms with Crippen molar-refractivity contribution in [2.24, 2.45) is 0 Å². The molecule has 0 saturated heterocycles. The minimum Gasteiger partial charge on any atom is -0.336 e. The van der Waals surface area contributed by atoms with Crippen molar-refractivity contribution in [1.29, 1.82) is 0 Å². The lowest BCUT2D eigenvalue weighted by molar-refractivity contribution is -0.214. The second-order valence-corrected chi connectivity index (χ2v) is 3.96. The fraction of sp³-hybridized carbons (Fsp3) is 0.0833. The van der Waals surface area contributed by atoms with Crippen LogP contribution in [0.15, 0.2) is 36.8 Å². The van der Waals surface area contributed by atoms with Crippen LogP contribution in [0.4, 0.5) is 0 Å². The van der Waals surface area contributed by atoms with Gasteiger partial charge in [0.05, 0.1) is 12.5 Å². The van der Waals surface area contributed by atoms with E-state index in [1.165, 1.54) is 0 Å². The highest BCUT2D eigenvalue weighted by molar-refractivity contribution is 5.68. The molecule has 1 unspecified atom stereocenters. The summed E-state index contributed by atoms with van der Waals surface area (Å²) in [5.74, 6) is 1.26. The average Bonchev–Trinajstić information content (AvgIpc) is 3.04. The van der Waals surface area contributed by atoms with Crippen LogP contribution in [-0.4, -0.2) is 19.9 Å². The number of aromatic amines is 1. The van der Waals surface area contributed by atoms with Crippen LogP contribution in [0.2, 0.25) is 0 Å². The predicted octanol–water partition coefficient (Wildman–Crippen LogP) is 1.77. The number of nitrogens with one attached hydrogen (secondary N) is 1. The summed E-state index contributed by atoms with van der Waals surface area (Å²) in [6, 6.07) is 7.61. The quantitative estimate of drug-likeness (QED) is 0.656. The molecule has 0 radical (unpaired) electrons. The molecule has 1 N–H and O–H groups in total. The van der Waals surface area contributed by atoms with Crippen molar-refractivity contribution < 1.29 is 9.78 Å². The first-order valence-electron chi connectivity index (χ1n) is 5.50. The molecule has 1 aliphatic rings. The number of fused-ring (bicyclic) bond motifs is 2. The van der Waals surface area contributed by atoms with Gasteiger partial charge in [0.1, 0.15) is 5.52 Å². The second-order valence-electron chi connectivity index (χ2n) is 3.96. The maximum Gasteiger partial charge on any atom is 0.193 e.